The molecule has 0 radical (unpaired) electrons. The van der Waals surface area contributed by atoms with Crippen molar-refractivity contribution in [1.29, 1.82) is 0 Å². The molecule has 12 heavy (non-hydrogen) atoms. The standard InChI is InChI=1S/C8H11NOS2/c1-6(12-5-8(9)10)7-3-2-4-11-7/h2-4,6H,5H2,1H3,(H2,9,10). The average molecular weight is 201 g/mol. The van der Waals surface area contributed by atoms with E-state index in [1.165, 1.54) is 4.88 Å². The summed E-state index contributed by atoms with van der Waals surface area (Å²) in [5, 5.41) is 2.41. The molecule has 0 bridgehead atoms. The van der Waals surface area contributed by atoms with Crippen molar-refractivity contribution in [3.8, 4) is 0 Å². The first kappa shape index (κ1) is 9.61. The topological polar surface area (TPSA) is 43.1 Å². The molecule has 1 atom stereocenters. The number of amides is 1. The summed E-state index contributed by atoms with van der Waals surface area (Å²) in [5.74, 6) is 0.155. The van der Waals surface area contributed by atoms with Crippen LogP contribution < -0.4 is 5.73 Å². The van der Waals surface area contributed by atoms with Crippen LogP contribution in [0.25, 0.3) is 0 Å². The lowest BCUT2D eigenvalue weighted by atomic mass is 10.4. The molecule has 1 aromatic heterocycles. The molecule has 0 aliphatic carbocycles. The van der Waals surface area contributed by atoms with Crippen molar-refractivity contribution in [1.82, 2.24) is 0 Å². The number of primary amides is 1. The van der Waals surface area contributed by atoms with Crippen LogP contribution in [-0.4, -0.2) is 11.7 Å². The molecule has 1 amide bonds. The summed E-state index contributed by atoms with van der Waals surface area (Å²) in [6.07, 6.45) is 0. The Labute approximate surface area is 80.2 Å². The lowest BCUT2D eigenvalue weighted by Crippen LogP contribution is -2.13. The number of hydrogen-bond acceptors (Lipinski definition) is 3. The summed E-state index contributed by atoms with van der Waals surface area (Å²) in [7, 11) is 0. The molecular formula is C8H11NOS2. The van der Waals surface area contributed by atoms with Crippen molar-refractivity contribution in [3.63, 3.8) is 0 Å². The summed E-state index contributed by atoms with van der Waals surface area (Å²) in [6, 6.07) is 4.09. The molecule has 2 nitrogen and oxygen atoms in total. The third-order valence-corrected chi connectivity index (χ3v) is 3.83. The summed E-state index contributed by atoms with van der Waals surface area (Å²) >= 11 is 3.29. The maximum Gasteiger partial charge on any atom is 0.227 e. The second kappa shape index (κ2) is 4.52. The van der Waals surface area contributed by atoms with Gasteiger partial charge in [0, 0.05) is 10.1 Å². The molecule has 0 aliphatic rings. The predicted octanol–water partition coefficient (Wildman–Crippen LogP) is 2.03. The molecule has 1 unspecified atom stereocenters. The summed E-state index contributed by atoms with van der Waals surface area (Å²) in [5.41, 5.74) is 5.04. The first-order valence-electron chi connectivity index (χ1n) is 3.63. The Bertz CT molecular complexity index is 246. The van der Waals surface area contributed by atoms with E-state index in [-0.39, 0.29) is 5.91 Å². The fourth-order valence-corrected chi connectivity index (χ4v) is 2.50. The SMILES string of the molecule is CC(SCC(N)=O)c1cccs1. The smallest absolute Gasteiger partial charge is 0.227 e. The van der Waals surface area contributed by atoms with Crippen LogP contribution in [0.15, 0.2) is 17.5 Å². The van der Waals surface area contributed by atoms with Crippen molar-refractivity contribution < 1.29 is 4.79 Å². The number of carbonyl (C=O) groups is 1. The molecule has 1 rings (SSSR count). The Kier molecular flexibility index (Phi) is 3.62. The average Bonchev–Trinajstić information content (AvgIpc) is 2.51. The maximum atomic E-state index is 10.5. The van der Waals surface area contributed by atoms with E-state index < -0.39 is 0 Å². The maximum absolute atomic E-state index is 10.5. The van der Waals surface area contributed by atoms with Crippen LogP contribution in [-0.2, 0) is 4.79 Å². The van der Waals surface area contributed by atoms with E-state index >= 15 is 0 Å². The lowest BCUT2D eigenvalue weighted by Gasteiger charge is -2.06. The monoisotopic (exact) mass is 201 g/mol. The molecule has 0 aromatic carbocycles. The highest BCUT2D eigenvalue weighted by atomic mass is 32.2. The van der Waals surface area contributed by atoms with Gasteiger partial charge in [-0.25, -0.2) is 0 Å². The number of carbonyl (C=O) groups excluding carboxylic acids is 1. The molecule has 0 saturated carbocycles. The Morgan fingerprint density at radius 3 is 3.08 bits per heavy atom. The van der Waals surface area contributed by atoms with Gasteiger partial charge in [0.25, 0.3) is 0 Å². The number of thioether (sulfide) groups is 1. The second-order valence-electron chi connectivity index (χ2n) is 2.43. The van der Waals surface area contributed by atoms with E-state index in [4.69, 9.17) is 5.73 Å². The highest BCUT2D eigenvalue weighted by molar-refractivity contribution is 8.00. The molecule has 2 N–H and O–H groups in total. The van der Waals surface area contributed by atoms with Crippen molar-refractivity contribution >= 4 is 29.0 Å². The third-order valence-electron chi connectivity index (χ3n) is 1.42. The number of rotatable bonds is 4. The fraction of sp³-hybridized carbons (Fsp3) is 0.375. The minimum absolute atomic E-state index is 0.247. The predicted molar refractivity (Wildman–Crippen MR) is 54.4 cm³/mol. The van der Waals surface area contributed by atoms with E-state index in [0.717, 1.165) is 0 Å². The quantitative estimate of drug-likeness (QED) is 0.810. The van der Waals surface area contributed by atoms with Gasteiger partial charge >= 0.3 is 0 Å². The summed E-state index contributed by atoms with van der Waals surface area (Å²) in [6.45, 7) is 2.08. The van der Waals surface area contributed by atoms with Crippen LogP contribution in [0.1, 0.15) is 17.1 Å². The number of hydrogen-bond donors (Lipinski definition) is 1. The molecule has 66 valence electrons. The highest BCUT2D eigenvalue weighted by Crippen LogP contribution is 2.30. The normalized spacial score (nSPS) is 12.8. The van der Waals surface area contributed by atoms with E-state index in [1.807, 2.05) is 11.4 Å². The zero-order valence-corrected chi connectivity index (χ0v) is 8.45. The fourth-order valence-electron chi connectivity index (χ4n) is 0.812. The van der Waals surface area contributed by atoms with Crippen LogP contribution in [0.4, 0.5) is 0 Å². The largest absolute Gasteiger partial charge is 0.369 e. The van der Waals surface area contributed by atoms with E-state index in [9.17, 15) is 4.79 Å². The van der Waals surface area contributed by atoms with Gasteiger partial charge in [0.1, 0.15) is 0 Å². The van der Waals surface area contributed by atoms with Crippen LogP contribution in [0.3, 0.4) is 0 Å². The Hall–Kier alpha value is -0.480. The van der Waals surface area contributed by atoms with Crippen molar-refractivity contribution in [3.05, 3.63) is 22.4 Å². The van der Waals surface area contributed by atoms with Crippen LogP contribution in [0.5, 0.6) is 0 Å². The molecule has 0 fully saturated rings. The van der Waals surface area contributed by atoms with Gasteiger partial charge in [-0.15, -0.1) is 23.1 Å². The van der Waals surface area contributed by atoms with Crippen LogP contribution in [0, 0.1) is 0 Å². The van der Waals surface area contributed by atoms with Crippen LogP contribution in [0.2, 0.25) is 0 Å². The third kappa shape index (κ3) is 2.87. The van der Waals surface area contributed by atoms with E-state index in [2.05, 4.69) is 13.0 Å². The first-order chi connectivity index (χ1) is 5.70. The van der Waals surface area contributed by atoms with E-state index in [0.29, 0.717) is 11.0 Å². The zero-order chi connectivity index (χ0) is 8.97. The zero-order valence-electron chi connectivity index (χ0n) is 6.82. The van der Waals surface area contributed by atoms with Gasteiger partial charge in [0.2, 0.25) is 5.91 Å². The molecule has 0 saturated heterocycles. The molecule has 1 aromatic rings. The van der Waals surface area contributed by atoms with Crippen molar-refractivity contribution in [2.45, 2.75) is 12.2 Å². The molecule has 4 heteroatoms. The summed E-state index contributed by atoms with van der Waals surface area (Å²) in [4.78, 5) is 11.8. The molecule has 0 aliphatic heterocycles. The van der Waals surface area contributed by atoms with Crippen molar-refractivity contribution in [2.24, 2.45) is 5.73 Å². The van der Waals surface area contributed by atoms with Crippen LogP contribution >= 0.6 is 23.1 Å². The minimum atomic E-state index is -0.247. The van der Waals surface area contributed by atoms with Gasteiger partial charge in [-0.1, -0.05) is 6.07 Å². The van der Waals surface area contributed by atoms with Gasteiger partial charge in [-0.05, 0) is 18.4 Å². The number of nitrogens with two attached hydrogens (primary N) is 1. The molecular weight excluding hydrogens is 190 g/mol. The lowest BCUT2D eigenvalue weighted by molar-refractivity contribution is -0.115. The first-order valence-corrected chi connectivity index (χ1v) is 5.56. The van der Waals surface area contributed by atoms with Gasteiger partial charge in [0.15, 0.2) is 0 Å². The minimum Gasteiger partial charge on any atom is -0.369 e. The van der Waals surface area contributed by atoms with Gasteiger partial charge in [0.05, 0.1) is 5.75 Å². The molecule has 0 spiro atoms. The Morgan fingerprint density at radius 2 is 2.58 bits per heavy atom. The number of thiophene rings is 1. The highest BCUT2D eigenvalue weighted by Gasteiger charge is 2.07. The van der Waals surface area contributed by atoms with E-state index in [1.54, 1.807) is 23.1 Å². The summed E-state index contributed by atoms with van der Waals surface area (Å²) < 4.78 is 0. The van der Waals surface area contributed by atoms with Gasteiger partial charge < -0.3 is 5.73 Å². The Morgan fingerprint density at radius 1 is 1.83 bits per heavy atom. The molecule has 1 heterocycles. The second-order valence-corrected chi connectivity index (χ2v) is 4.74. The Balaban J connectivity index is 2.39. The van der Waals surface area contributed by atoms with Gasteiger partial charge in [-0.2, -0.15) is 0 Å². The van der Waals surface area contributed by atoms with Gasteiger partial charge in [-0.3, -0.25) is 4.79 Å². The van der Waals surface area contributed by atoms with Crippen molar-refractivity contribution in [2.75, 3.05) is 5.75 Å².